The van der Waals surface area contributed by atoms with Crippen LogP contribution in [0.2, 0.25) is 0 Å². The Balaban J connectivity index is 1.77. The molecule has 0 aliphatic rings. The molecule has 2 heterocycles. The van der Waals surface area contributed by atoms with Crippen LogP contribution in [-0.4, -0.2) is 26.3 Å². The zero-order valence-corrected chi connectivity index (χ0v) is 17.2. The van der Waals surface area contributed by atoms with Crippen LogP contribution in [0.15, 0.2) is 71.9 Å². The van der Waals surface area contributed by atoms with E-state index in [9.17, 15) is 9.59 Å². The molecule has 0 bridgehead atoms. The monoisotopic (exact) mass is 392 g/mol. The molecule has 0 N–H and O–H groups in total. The minimum atomic E-state index is -0.457. The highest BCUT2D eigenvalue weighted by atomic mass is 32.2. The topological polar surface area (TPSA) is 52.0 Å². The third-order valence-electron chi connectivity index (χ3n) is 5.25. The van der Waals surface area contributed by atoms with Crippen molar-refractivity contribution in [1.82, 2.24) is 9.55 Å². The van der Waals surface area contributed by atoms with Crippen LogP contribution in [0, 0.1) is 0 Å². The van der Waals surface area contributed by atoms with Crippen molar-refractivity contribution >= 4 is 17.5 Å². The van der Waals surface area contributed by atoms with Crippen LogP contribution in [0.4, 0.5) is 0 Å². The molecule has 0 aliphatic heterocycles. The molecule has 0 aliphatic carbocycles. The SMILES string of the molecule is CSC(C)(CCn1ccc(-c2ccc(-c3ccncc3)cc2)cc1=O)C(C)=O. The summed E-state index contributed by atoms with van der Waals surface area (Å²) >= 11 is 1.54. The van der Waals surface area contributed by atoms with Gasteiger partial charge in [-0.25, -0.2) is 0 Å². The third kappa shape index (κ3) is 4.42. The lowest BCUT2D eigenvalue weighted by Crippen LogP contribution is -2.32. The molecule has 1 aromatic carbocycles. The van der Waals surface area contributed by atoms with Gasteiger partial charge in [-0.15, -0.1) is 0 Å². The summed E-state index contributed by atoms with van der Waals surface area (Å²) in [6.45, 7) is 4.07. The van der Waals surface area contributed by atoms with Crippen LogP contribution in [0.1, 0.15) is 20.3 Å². The van der Waals surface area contributed by atoms with Gasteiger partial charge in [0.1, 0.15) is 5.78 Å². The van der Waals surface area contributed by atoms with Crippen LogP contribution in [-0.2, 0) is 11.3 Å². The number of Topliss-reactive ketones (excluding diaryl/α,β-unsaturated/α-hetero) is 1. The molecule has 0 saturated heterocycles. The Kier molecular flexibility index (Phi) is 6.15. The summed E-state index contributed by atoms with van der Waals surface area (Å²) in [6.07, 6.45) is 7.93. The number of hydrogen-bond donors (Lipinski definition) is 0. The van der Waals surface area contributed by atoms with Gasteiger partial charge in [-0.3, -0.25) is 14.6 Å². The number of aromatic nitrogens is 2. The molecule has 1 atom stereocenters. The van der Waals surface area contributed by atoms with Crippen molar-refractivity contribution in [3.8, 4) is 22.3 Å². The lowest BCUT2D eigenvalue weighted by Gasteiger charge is -2.24. The van der Waals surface area contributed by atoms with Crippen molar-refractivity contribution in [2.24, 2.45) is 0 Å². The highest BCUT2D eigenvalue weighted by molar-refractivity contribution is 8.00. The van der Waals surface area contributed by atoms with Crippen molar-refractivity contribution in [3.05, 3.63) is 77.5 Å². The van der Waals surface area contributed by atoms with Gasteiger partial charge < -0.3 is 4.57 Å². The molecule has 3 aromatic rings. The van der Waals surface area contributed by atoms with E-state index in [4.69, 9.17) is 0 Å². The second kappa shape index (κ2) is 8.57. The summed E-state index contributed by atoms with van der Waals surface area (Å²) in [6, 6.07) is 15.7. The quantitative estimate of drug-likeness (QED) is 0.586. The van der Waals surface area contributed by atoms with Crippen molar-refractivity contribution in [2.75, 3.05) is 6.26 Å². The molecule has 4 nitrogen and oxygen atoms in total. The predicted molar refractivity (Wildman–Crippen MR) is 117 cm³/mol. The van der Waals surface area contributed by atoms with E-state index in [0.717, 1.165) is 22.3 Å². The summed E-state index contributed by atoms with van der Waals surface area (Å²) in [4.78, 5) is 28.4. The van der Waals surface area contributed by atoms with E-state index in [2.05, 4.69) is 4.98 Å². The maximum absolute atomic E-state index is 12.5. The van der Waals surface area contributed by atoms with Gasteiger partial charge in [-0.1, -0.05) is 24.3 Å². The first-order valence-electron chi connectivity index (χ1n) is 9.20. The lowest BCUT2D eigenvalue weighted by atomic mass is 10.0. The third-order valence-corrected chi connectivity index (χ3v) is 6.65. The van der Waals surface area contributed by atoms with E-state index in [1.165, 1.54) is 11.8 Å². The van der Waals surface area contributed by atoms with Gasteiger partial charge in [0.15, 0.2) is 0 Å². The summed E-state index contributed by atoms with van der Waals surface area (Å²) in [5.41, 5.74) is 4.06. The molecule has 0 radical (unpaired) electrons. The van der Waals surface area contributed by atoms with Crippen molar-refractivity contribution in [2.45, 2.75) is 31.6 Å². The Morgan fingerprint density at radius 3 is 2.11 bits per heavy atom. The number of pyridine rings is 2. The molecule has 28 heavy (non-hydrogen) atoms. The van der Waals surface area contributed by atoms with E-state index in [1.54, 1.807) is 30.0 Å². The standard InChI is InChI=1S/C23H24N2O2S/c1-17(26)23(2,28-3)11-15-25-14-10-21(16-22(25)27)19-6-4-18(5-7-19)20-8-12-24-13-9-20/h4-10,12-14,16H,11,15H2,1-3H3. The van der Waals surface area contributed by atoms with E-state index >= 15 is 0 Å². The zero-order chi connectivity index (χ0) is 20.1. The molecule has 0 amide bonds. The van der Waals surface area contributed by atoms with Gasteiger partial charge in [0.05, 0.1) is 4.75 Å². The number of nitrogens with zero attached hydrogens (tertiary/aromatic N) is 2. The van der Waals surface area contributed by atoms with Gasteiger partial charge in [0, 0.05) is 31.2 Å². The Morgan fingerprint density at radius 2 is 1.57 bits per heavy atom. The smallest absolute Gasteiger partial charge is 0.251 e. The normalized spacial score (nSPS) is 13.1. The number of aryl methyl sites for hydroxylation is 1. The Bertz CT molecular complexity index is 1010. The lowest BCUT2D eigenvalue weighted by molar-refractivity contribution is -0.119. The van der Waals surface area contributed by atoms with E-state index in [-0.39, 0.29) is 11.3 Å². The summed E-state index contributed by atoms with van der Waals surface area (Å²) in [5.74, 6) is 0.138. The zero-order valence-electron chi connectivity index (χ0n) is 16.4. The van der Waals surface area contributed by atoms with Crippen LogP contribution in [0.5, 0.6) is 0 Å². The molecular weight excluding hydrogens is 368 g/mol. The second-order valence-corrected chi connectivity index (χ2v) is 8.31. The molecule has 0 spiro atoms. The molecule has 1 unspecified atom stereocenters. The second-order valence-electron chi connectivity index (χ2n) is 7.00. The molecule has 3 rings (SSSR count). The number of hydrogen-bond acceptors (Lipinski definition) is 4. The van der Waals surface area contributed by atoms with E-state index in [1.807, 2.05) is 61.8 Å². The van der Waals surface area contributed by atoms with Gasteiger partial charge in [-0.2, -0.15) is 11.8 Å². The minimum Gasteiger partial charge on any atom is -0.315 e. The van der Waals surface area contributed by atoms with Crippen LogP contribution < -0.4 is 5.56 Å². The van der Waals surface area contributed by atoms with Gasteiger partial charge in [0.25, 0.3) is 5.56 Å². The van der Waals surface area contributed by atoms with Crippen molar-refractivity contribution in [3.63, 3.8) is 0 Å². The minimum absolute atomic E-state index is 0.0530. The average molecular weight is 393 g/mol. The highest BCUT2D eigenvalue weighted by Gasteiger charge is 2.28. The fraction of sp³-hybridized carbons (Fsp3) is 0.261. The average Bonchev–Trinajstić information content (AvgIpc) is 2.73. The molecular formula is C23H24N2O2S. The van der Waals surface area contributed by atoms with Gasteiger partial charge >= 0.3 is 0 Å². The van der Waals surface area contributed by atoms with E-state index < -0.39 is 4.75 Å². The Hall–Kier alpha value is -2.66. The fourth-order valence-corrected chi connectivity index (χ4v) is 3.61. The Morgan fingerprint density at radius 1 is 1.00 bits per heavy atom. The maximum Gasteiger partial charge on any atom is 0.251 e. The highest BCUT2D eigenvalue weighted by Crippen LogP contribution is 2.28. The van der Waals surface area contributed by atoms with Crippen LogP contribution >= 0.6 is 11.8 Å². The molecule has 144 valence electrons. The predicted octanol–water partition coefficient (Wildman–Crippen LogP) is 4.68. The van der Waals surface area contributed by atoms with Gasteiger partial charge in [-0.05, 0) is 67.0 Å². The summed E-state index contributed by atoms with van der Waals surface area (Å²) < 4.78 is 1.22. The first kappa shape index (κ1) is 20.1. The molecule has 2 aromatic heterocycles. The number of benzene rings is 1. The number of rotatable bonds is 7. The number of thioether (sulfide) groups is 1. The molecule has 5 heteroatoms. The number of carbonyl (C=O) groups is 1. The first-order chi connectivity index (χ1) is 13.4. The van der Waals surface area contributed by atoms with Gasteiger partial charge in [0.2, 0.25) is 0 Å². The number of carbonyl (C=O) groups excluding carboxylic acids is 1. The fourth-order valence-electron chi connectivity index (χ4n) is 3.03. The molecule has 0 fully saturated rings. The molecule has 0 saturated carbocycles. The first-order valence-corrected chi connectivity index (χ1v) is 10.4. The van der Waals surface area contributed by atoms with E-state index in [0.29, 0.717) is 13.0 Å². The summed E-state index contributed by atoms with van der Waals surface area (Å²) in [5, 5.41) is 0. The van der Waals surface area contributed by atoms with Crippen molar-refractivity contribution in [1.29, 1.82) is 0 Å². The summed E-state index contributed by atoms with van der Waals surface area (Å²) in [7, 11) is 0. The Labute approximate surface area is 169 Å². The maximum atomic E-state index is 12.5. The largest absolute Gasteiger partial charge is 0.315 e. The van der Waals surface area contributed by atoms with Crippen LogP contribution in [0.25, 0.3) is 22.3 Å². The van der Waals surface area contributed by atoms with Crippen molar-refractivity contribution < 1.29 is 4.79 Å². The number of ketones is 1. The van der Waals surface area contributed by atoms with Crippen LogP contribution in [0.3, 0.4) is 0 Å².